The molecule has 0 unspecified atom stereocenters. The zero-order valence-corrected chi connectivity index (χ0v) is 13.2. The van der Waals surface area contributed by atoms with Crippen LogP contribution < -0.4 is 4.90 Å². The molecule has 22 heavy (non-hydrogen) atoms. The molecule has 1 aromatic rings. The van der Waals surface area contributed by atoms with Gasteiger partial charge in [0.25, 0.3) is 5.91 Å². The van der Waals surface area contributed by atoms with E-state index >= 15 is 0 Å². The monoisotopic (exact) mass is 303 g/mol. The number of rotatable bonds is 5. The van der Waals surface area contributed by atoms with Gasteiger partial charge in [0.05, 0.1) is 12.2 Å². The first-order valence-electron chi connectivity index (χ1n) is 8.32. The lowest BCUT2D eigenvalue weighted by Gasteiger charge is -2.31. The molecule has 1 aliphatic carbocycles. The first kappa shape index (κ1) is 15.3. The van der Waals surface area contributed by atoms with E-state index in [2.05, 4.69) is 16.8 Å². The maximum absolute atomic E-state index is 12.5. The van der Waals surface area contributed by atoms with Crippen LogP contribution in [0.15, 0.2) is 18.3 Å². The lowest BCUT2D eigenvalue weighted by molar-refractivity contribution is 0.0707. The van der Waals surface area contributed by atoms with E-state index in [1.54, 1.807) is 11.1 Å². The van der Waals surface area contributed by atoms with Gasteiger partial charge in [-0.2, -0.15) is 0 Å². The molecule has 0 aromatic carbocycles. The minimum absolute atomic E-state index is 0.0112. The molecule has 0 bridgehead atoms. The molecule has 1 saturated heterocycles. The van der Waals surface area contributed by atoms with Gasteiger partial charge in [0, 0.05) is 31.9 Å². The van der Waals surface area contributed by atoms with Crippen molar-refractivity contribution >= 4 is 11.7 Å². The number of hydrogen-bond donors (Lipinski definition) is 1. The highest BCUT2D eigenvalue weighted by Gasteiger charge is 2.32. The molecule has 3 rings (SSSR count). The van der Waals surface area contributed by atoms with Gasteiger partial charge in [-0.3, -0.25) is 4.79 Å². The smallest absolute Gasteiger partial charge is 0.255 e. The minimum atomic E-state index is -0.0112. The van der Waals surface area contributed by atoms with Gasteiger partial charge in [-0.15, -0.1) is 0 Å². The summed E-state index contributed by atoms with van der Waals surface area (Å²) in [5.41, 5.74) is 0.620. The van der Waals surface area contributed by atoms with E-state index in [1.807, 2.05) is 12.1 Å². The number of aliphatic hydroxyl groups is 1. The summed E-state index contributed by atoms with van der Waals surface area (Å²) >= 11 is 0. The molecule has 0 atom stereocenters. The predicted molar refractivity (Wildman–Crippen MR) is 86.0 cm³/mol. The molecule has 1 amide bonds. The third-order valence-corrected chi connectivity index (χ3v) is 4.69. The average molecular weight is 303 g/mol. The van der Waals surface area contributed by atoms with Crippen LogP contribution in [0.5, 0.6) is 0 Å². The maximum atomic E-state index is 12.5. The summed E-state index contributed by atoms with van der Waals surface area (Å²) < 4.78 is 0. The summed E-state index contributed by atoms with van der Waals surface area (Å²) in [6.07, 6.45) is 6.18. The number of pyridine rings is 1. The Kier molecular flexibility index (Phi) is 4.62. The van der Waals surface area contributed by atoms with Gasteiger partial charge in [-0.1, -0.05) is 6.92 Å². The first-order chi connectivity index (χ1) is 10.7. The molecule has 0 spiro atoms. The van der Waals surface area contributed by atoms with Gasteiger partial charge in [0.15, 0.2) is 0 Å². The molecular weight excluding hydrogens is 278 g/mol. The van der Waals surface area contributed by atoms with Crippen LogP contribution in [-0.4, -0.2) is 53.2 Å². The van der Waals surface area contributed by atoms with Crippen molar-refractivity contribution in [2.45, 2.75) is 38.6 Å². The normalized spacial score (nSPS) is 19.3. The SMILES string of the molecule is CC1CCN(c2ccc(C(=O)N(CCO)C3CC3)cn2)CC1. The Labute approximate surface area is 131 Å². The summed E-state index contributed by atoms with van der Waals surface area (Å²) in [6.45, 7) is 4.80. The third kappa shape index (κ3) is 3.40. The van der Waals surface area contributed by atoms with Crippen molar-refractivity contribution in [2.75, 3.05) is 31.1 Å². The van der Waals surface area contributed by atoms with E-state index in [9.17, 15) is 4.79 Å². The van der Waals surface area contributed by atoms with Crippen LogP contribution >= 0.6 is 0 Å². The lowest BCUT2D eigenvalue weighted by atomic mass is 9.99. The van der Waals surface area contributed by atoms with Crippen LogP contribution in [0.1, 0.15) is 43.0 Å². The number of piperidine rings is 1. The van der Waals surface area contributed by atoms with Crippen molar-refractivity contribution < 1.29 is 9.90 Å². The summed E-state index contributed by atoms with van der Waals surface area (Å²) in [5, 5.41) is 9.13. The second kappa shape index (κ2) is 6.65. The van der Waals surface area contributed by atoms with Gasteiger partial charge < -0.3 is 14.9 Å². The molecule has 2 heterocycles. The molecule has 1 aromatic heterocycles. The fraction of sp³-hybridized carbons (Fsp3) is 0.647. The summed E-state index contributed by atoms with van der Waals surface area (Å²) in [4.78, 5) is 21.1. The fourth-order valence-corrected chi connectivity index (χ4v) is 3.05. The molecule has 5 nitrogen and oxygen atoms in total. The van der Waals surface area contributed by atoms with Crippen molar-refractivity contribution in [3.8, 4) is 0 Å². The van der Waals surface area contributed by atoms with Crippen molar-refractivity contribution in [3.63, 3.8) is 0 Å². The van der Waals surface area contributed by atoms with Crippen molar-refractivity contribution in [2.24, 2.45) is 5.92 Å². The van der Waals surface area contributed by atoms with Crippen molar-refractivity contribution in [3.05, 3.63) is 23.9 Å². The summed E-state index contributed by atoms with van der Waals surface area (Å²) in [5.74, 6) is 1.74. The highest BCUT2D eigenvalue weighted by atomic mass is 16.3. The quantitative estimate of drug-likeness (QED) is 0.903. The molecule has 5 heteroatoms. The summed E-state index contributed by atoms with van der Waals surface area (Å²) in [7, 11) is 0. The van der Waals surface area contributed by atoms with Gasteiger partial charge >= 0.3 is 0 Å². The van der Waals surface area contributed by atoms with Crippen LogP contribution in [0.25, 0.3) is 0 Å². The Bertz CT molecular complexity index is 505. The Morgan fingerprint density at radius 3 is 2.59 bits per heavy atom. The molecule has 1 N–H and O–H groups in total. The molecule has 2 fully saturated rings. The highest BCUT2D eigenvalue weighted by molar-refractivity contribution is 5.94. The Morgan fingerprint density at radius 2 is 2.05 bits per heavy atom. The van der Waals surface area contributed by atoms with E-state index in [1.165, 1.54) is 12.8 Å². The number of aliphatic hydroxyl groups excluding tert-OH is 1. The van der Waals surface area contributed by atoms with Crippen LogP contribution in [0.2, 0.25) is 0 Å². The van der Waals surface area contributed by atoms with Crippen LogP contribution in [0.3, 0.4) is 0 Å². The van der Waals surface area contributed by atoms with Gasteiger partial charge in [0.2, 0.25) is 0 Å². The number of carbonyl (C=O) groups is 1. The molecular formula is C17H25N3O2. The first-order valence-corrected chi connectivity index (χ1v) is 8.32. The number of carbonyl (C=O) groups excluding carboxylic acids is 1. The van der Waals surface area contributed by atoms with Crippen LogP contribution in [-0.2, 0) is 0 Å². The molecule has 1 saturated carbocycles. The molecule has 1 aliphatic heterocycles. The minimum Gasteiger partial charge on any atom is -0.395 e. The number of amides is 1. The van der Waals surface area contributed by atoms with Crippen LogP contribution in [0, 0.1) is 5.92 Å². The number of nitrogens with zero attached hydrogens (tertiary/aromatic N) is 3. The third-order valence-electron chi connectivity index (χ3n) is 4.69. The number of anilines is 1. The number of aromatic nitrogens is 1. The predicted octanol–water partition coefficient (Wildman–Crippen LogP) is 1.91. The molecule has 0 radical (unpaired) electrons. The van der Waals surface area contributed by atoms with E-state index in [0.29, 0.717) is 18.2 Å². The summed E-state index contributed by atoms with van der Waals surface area (Å²) in [6, 6.07) is 4.13. The second-order valence-corrected chi connectivity index (χ2v) is 6.53. The largest absolute Gasteiger partial charge is 0.395 e. The zero-order valence-electron chi connectivity index (χ0n) is 13.2. The standard InChI is InChI=1S/C17H25N3O2/c1-13-6-8-19(9-7-13)16-5-2-14(12-18-16)17(22)20(10-11-21)15-3-4-15/h2,5,12-13,15,21H,3-4,6-11H2,1H3. The van der Waals surface area contributed by atoms with Crippen molar-refractivity contribution in [1.82, 2.24) is 9.88 Å². The van der Waals surface area contributed by atoms with E-state index in [4.69, 9.17) is 5.11 Å². The van der Waals surface area contributed by atoms with Gasteiger partial charge in [-0.05, 0) is 43.7 Å². The zero-order chi connectivity index (χ0) is 15.5. The van der Waals surface area contributed by atoms with Crippen LogP contribution in [0.4, 0.5) is 5.82 Å². The highest BCUT2D eigenvalue weighted by Crippen LogP contribution is 2.28. The van der Waals surface area contributed by atoms with Crippen molar-refractivity contribution in [1.29, 1.82) is 0 Å². The Hall–Kier alpha value is -1.62. The average Bonchev–Trinajstić information content (AvgIpc) is 3.38. The topological polar surface area (TPSA) is 56.7 Å². The lowest BCUT2D eigenvalue weighted by Crippen LogP contribution is -2.36. The maximum Gasteiger partial charge on any atom is 0.255 e. The van der Waals surface area contributed by atoms with Gasteiger partial charge in [-0.25, -0.2) is 4.98 Å². The van der Waals surface area contributed by atoms with E-state index in [-0.39, 0.29) is 12.5 Å². The van der Waals surface area contributed by atoms with E-state index in [0.717, 1.165) is 37.7 Å². The number of hydrogen-bond acceptors (Lipinski definition) is 4. The van der Waals surface area contributed by atoms with E-state index < -0.39 is 0 Å². The Balaban J connectivity index is 1.66. The fourth-order valence-electron chi connectivity index (χ4n) is 3.05. The molecule has 120 valence electrons. The molecule has 2 aliphatic rings. The van der Waals surface area contributed by atoms with Gasteiger partial charge in [0.1, 0.15) is 5.82 Å². The Morgan fingerprint density at radius 1 is 1.32 bits per heavy atom. The second-order valence-electron chi connectivity index (χ2n) is 6.53.